The van der Waals surface area contributed by atoms with Crippen LogP contribution in [0.25, 0.3) is 0 Å². The van der Waals surface area contributed by atoms with Gasteiger partial charge in [-0.3, -0.25) is 4.79 Å². The van der Waals surface area contributed by atoms with Crippen LogP contribution in [-0.2, 0) is 0 Å². The molecule has 0 aliphatic carbocycles. The molecular weight excluding hydrogens is 284 g/mol. The molecule has 1 aromatic carbocycles. The minimum Gasteiger partial charge on any atom is -0.399 e. The Kier molecular flexibility index (Phi) is 5.44. The summed E-state index contributed by atoms with van der Waals surface area (Å²) in [4.78, 5) is 11.9. The van der Waals surface area contributed by atoms with Crippen LogP contribution in [0.2, 0.25) is 0 Å². The number of aliphatic hydroxyl groups excluding tert-OH is 1. The highest BCUT2D eigenvalue weighted by Gasteiger charge is 2.12. The Bertz CT molecular complexity index is 376. The van der Waals surface area contributed by atoms with Gasteiger partial charge in [-0.05, 0) is 31.0 Å². The van der Waals surface area contributed by atoms with Gasteiger partial charge in [0.1, 0.15) is 0 Å². The maximum Gasteiger partial charge on any atom is 0.251 e. The molecule has 17 heavy (non-hydrogen) atoms. The Labute approximate surface area is 109 Å². The fraction of sp³-hybridized carbons (Fsp3) is 0.417. The molecule has 0 radical (unpaired) electrons. The highest BCUT2D eigenvalue weighted by molar-refractivity contribution is 9.10. The number of rotatable bonds is 5. The normalized spacial score (nSPS) is 12.2. The van der Waals surface area contributed by atoms with Gasteiger partial charge in [-0.15, -0.1) is 0 Å². The fourth-order valence-electron chi connectivity index (χ4n) is 1.55. The van der Waals surface area contributed by atoms with Crippen molar-refractivity contribution in [2.24, 2.45) is 0 Å². The molecule has 1 unspecified atom stereocenters. The second-order valence-corrected chi connectivity index (χ2v) is 4.78. The summed E-state index contributed by atoms with van der Waals surface area (Å²) in [6.07, 6.45) is 1.35. The van der Waals surface area contributed by atoms with E-state index >= 15 is 0 Å². The van der Waals surface area contributed by atoms with Crippen LogP contribution >= 0.6 is 15.9 Å². The second kappa shape index (κ2) is 6.61. The van der Waals surface area contributed by atoms with Crippen LogP contribution in [0.1, 0.15) is 30.1 Å². The number of anilines is 1. The van der Waals surface area contributed by atoms with Crippen LogP contribution in [0.3, 0.4) is 0 Å². The number of carbonyl (C=O) groups excluding carboxylic acids is 1. The Balaban J connectivity index is 2.75. The van der Waals surface area contributed by atoms with E-state index in [2.05, 4.69) is 21.2 Å². The summed E-state index contributed by atoms with van der Waals surface area (Å²) >= 11 is 3.30. The molecule has 0 aromatic heterocycles. The second-order valence-electron chi connectivity index (χ2n) is 3.86. The number of nitrogen functional groups attached to an aromatic ring is 1. The van der Waals surface area contributed by atoms with Crippen LogP contribution in [-0.4, -0.2) is 23.7 Å². The van der Waals surface area contributed by atoms with E-state index in [0.29, 0.717) is 17.7 Å². The highest BCUT2D eigenvalue weighted by atomic mass is 79.9. The first-order valence-corrected chi connectivity index (χ1v) is 6.34. The van der Waals surface area contributed by atoms with Gasteiger partial charge in [-0.1, -0.05) is 22.9 Å². The summed E-state index contributed by atoms with van der Waals surface area (Å²) < 4.78 is 0.776. The van der Waals surface area contributed by atoms with Crippen molar-refractivity contribution in [3.63, 3.8) is 0 Å². The van der Waals surface area contributed by atoms with Crippen LogP contribution in [0.5, 0.6) is 0 Å². The number of nitrogens with one attached hydrogen (secondary N) is 1. The summed E-state index contributed by atoms with van der Waals surface area (Å²) in [5.74, 6) is -0.168. The molecule has 4 N–H and O–H groups in total. The molecule has 0 saturated heterocycles. The minimum absolute atomic E-state index is 0.00675. The Hall–Kier alpha value is -1.07. The van der Waals surface area contributed by atoms with Gasteiger partial charge in [0.25, 0.3) is 5.91 Å². The van der Waals surface area contributed by atoms with Crippen molar-refractivity contribution < 1.29 is 9.90 Å². The van der Waals surface area contributed by atoms with Crippen molar-refractivity contribution in [1.29, 1.82) is 0 Å². The third kappa shape index (κ3) is 4.36. The fourth-order valence-corrected chi connectivity index (χ4v) is 2.06. The van der Waals surface area contributed by atoms with Gasteiger partial charge in [-0.25, -0.2) is 0 Å². The third-order valence-electron chi connectivity index (χ3n) is 2.49. The van der Waals surface area contributed by atoms with E-state index in [1.54, 1.807) is 18.2 Å². The zero-order valence-corrected chi connectivity index (χ0v) is 11.3. The molecule has 0 heterocycles. The number of carbonyl (C=O) groups is 1. The summed E-state index contributed by atoms with van der Waals surface area (Å²) in [6, 6.07) is 5.08. The molecule has 4 nitrogen and oxygen atoms in total. The summed E-state index contributed by atoms with van der Waals surface area (Å²) in [6.45, 7) is 2.04. The molecule has 1 rings (SSSR count). The first kappa shape index (κ1) is 14.0. The van der Waals surface area contributed by atoms with Crippen LogP contribution in [0.15, 0.2) is 22.7 Å². The molecule has 1 aromatic rings. The molecular formula is C12H17BrN2O2. The molecule has 5 heteroatoms. The number of nitrogens with two attached hydrogens (primary N) is 1. The number of aliphatic hydroxyl groups is 1. The lowest BCUT2D eigenvalue weighted by Crippen LogP contribution is -2.35. The first-order valence-electron chi connectivity index (χ1n) is 5.54. The van der Waals surface area contributed by atoms with E-state index < -0.39 is 0 Å². The van der Waals surface area contributed by atoms with E-state index in [-0.39, 0.29) is 18.6 Å². The van der Waals surface area contributed by atoms with Crippen molar-refractivity contribution in [1.82, 2.24) is 5.32 Å². The molecule has 0 bridgehead atoms. The SMILES string of the molecule is CCC(CCO)NC(=O)c1cc(N)cc(Br)c1. The summed E-state index contributed by atoms with van der Waals surface area (Å²) in [7, 11) is 0. The van der Waals surface area contributed by atoms with Crippen molar-refractivity contribution in [3.8, 4) is 0 Å². The maximum absolute atomic E-state index is 11.9. The van der Waals surface area contributed by atoms with Gasteiger partial charge in [0.05, 0.1) is 0 Å². The van der Waals surface area contributed by atoms with Crippen molar-refractivity contribution in [2.75, 3.05) is 12.3 Å². The Morgan fingerprint density at radius 1 is 1.53 bits per heavy atom. The van der Waals surface area contributed by atoms with Gasteiger partial charge in [0.15, 0.2) is 0 Å². The summed E-state index contributed by atoms with van der Waals surface area (Å²) in [5, 5.41) is 11.7. The van der Waals surface area contributed by atoms with E-state index in [9.17, 15) is 4.79 Å². The predicted octanol–water partition coefficient (Wildman–Crippen LogP) is 1.92. The minimum atomic E-state index is -0.168. The van der Waals surface area contributed by atoms with Gasteiger partial charge in [-0.2, -0.15) is 0 Å². The van der Waals surface area contributed by atoms with Gasteiger partial charge < -0.3 is 16.2 Å². The lowest BCUT2D eigenvalue weighted by Gasteiger charge is -2.16. The quantitative estimate of drug-likeness (QED) is 0.727. The zero-order chi connectivity index (χ0) is 12.8. The molecule has 1 amide bonds. The highest BCUT2D eigenvalue weighted by Crippen LogP contribution is 2.17. The van der Waals surface area contributed by atoms with Crippen LogP contribution in [0.4, 0.5) is 5.69 Å². The van der Waals surface area contributed by atoms with Crippen molar-refractivity contribution in [2.45, 2.75) is 25.8 Å². The van der Waals surface area contributed by atoms with Crippen molar-refractivity contribution >= 4 is 27.5 Å². The monoisotopic (exact) mass is 300 g/mol. The Morgan fingerprint density at radius 3 is 2.76 bits per heavy atom. The average molecular weight is 301 g/mol. The lowest BCUT2D eigenvalue weighted by atomic mass is 10.1. The number of amides is 1. The smallest absolute Gasteiger partial charge is 0.251 e. The van der Waals surface area contributed by atoms with Crippen LogP contribution in [0, 0.1) is 0 Å². The van der Waals surface area contributed by atoms with Gasteiger partial charge >= 0.3 is 0 Å². The van der Waals surface area contributed by atoms with E-state index in [0.717, 1.165) is 10.9 Å². The number of halogens is 1. The zero-order valence-electron chi connectivity index (χ0n) is 9.74. The number of benzene rings is 1. The molecule has 0 spiro atoms. The molecule has 0 aliphatic rings. The van der Waals surface area contributed by atoms with E-state index in [1.165, 1.54) is 0 Å². The van der Waals surface area contributed by atoms with Gasteiger partial charge in [0.2, 0.25) is 0 Å². The molecule has 0 saturated carbocycles. The number of hydrogen-bond donors (Lipinski definition) is 3. The molecule has 1 atom stereocenters. The maximum atomic E-state index is 11.9. The third-order valence-corrected chi connectivity index (χ3v) is 2.95. The van der Waals surface area contributed by atoms with E-state index in [1.807, 2.05) is 6.92 Å². The predicted molar refractivity (Wildman–Crippen MR) is 71.8 cm³/mol. The molecule has 94 valence electrons. The average Bonchev–Trinajstić information content (AvgIpc) is 2.27. The lowest BCUT2D eigenvalue weighted by molar-refractivity contribution is 0.0929. The van der Waals surface area contributed by atoms with Crippen molar-refractivity contribution in [3.05, 3.63) is 28.2 Å². The number of hydrogen-bond acceptors (Lipinski definition) is 3. The van der Waals surface area contributed by atoms with E-state index in [4.69, 9.17) is 10.8 Å². The topological polar surface area (TPSA) is 75.3 Å². The largest absolute Gasteiger partial charge is 0.399 e. The summed E-state index contributed by atoms with van der Waals surface area (Å²) in [5.41, 5.74) is 6.73. The molecule has 0 aliphatic heterocycles. The van der Waals surface area contributed by atoms with Crippen LogP contribution < -0.4 is 11.1 Å². The van der Waals surface area contributed by atoms with Gasteiger partial charge in [0, 0.05) is 28.4 Å². The first-order chi connectivity index (χ1) is 8.06. The Morgan fingerprint density at radius 2 is 2.24 bits per heavy atom. The standard InChI is InChI=1S/C12H17BrN2O2/c1-2-11(3-4-16)15-12(17)8-5-9(13)7-10(14)6-8/h5-7,11,16H,2-4,14H2,1H3,(H,15,17). The molecule has 0 fully saturated rings.